The minimum absolute atomic E-state index is 0. The summed E-state index contributed by atoms with van der Waals surface area (Å²) in [4.78, 5) is 13.0. The molecule has 0 unspecified atom stereocenters. The lowest BCUT2D eigenvalue weighted by molar-refractivity contribution is -0.178. The fourth-order valence-electron chi connectivity index (χ4n) is 3.87. The summed E-state index contributed by atoms with van der Waals surface area (Å²) in [5, 5.41) is 5.98. The highest BCUT2D eigenvalue weighted by atomic mass is 35.5. The van der Waals surface area contributed by atoms with E-state index in [1.807, 2.05) is 0 Å². The predicted octanol–water partition coefficient (Wildman–Crippen LogP) is 6.85. The number of carbonyl (C=O) groups is 1. The summed E-state index contributed by atoms with van der Waals surface area (Å²) in [7, 11) is 0. The summed E-state index contributed by atoms with van der Waals surface area (Å²) in [5.74, 6) is -8.23. The summed E-state index contributed by atoms with van der Waals surface area (Å²) in [6, 6.07) is 11.4. The SMILES string of the molecule is Cc1c(C(=O)NN2CC(F)(F)CC(F)(F)C2)nn(-c2ccc(Cl)cc2Cl)c1-c1ccc(Cl)cc1.Cl. The van der Waals surface area contributed by atoms with Crippen LogP contribution in [-0.2, 0) is 0 Å². The largest absolute Gasteiger partial charge is 0.286 e. The quantitative estimate of drug-likeness (QED) is 0.348. The Bertz CT molecular complexity index is 1230. The van der Waals surface area contributed by atoms with Crippen LogP contribution in [-0.4, -0.2) is 45.6 Å². The summed E-state index contributed by atoms with van der Waals surface area (Å²) in [6.45, 7) is -0.478. The summed E-state index contributed by atoms with van der Waals surface area (Å²) in [5.41, 5.74) is 3.88. The monoisotopic (exact) mass is 570 g/mol. The smallest absolute Gasteiger partial charge is 0.283 e. The van der Waals surface area contributed by atoms with Gasteiger partial charge in [0.15, 0.2) is 5.69 Å². The maximum absolute atomic E-state index is 13.8. The van der Waals surface area contributed by atoms with E-state index in [0.29, 0.717) is 37.6 Å². The van der Waals surface area contributed by atoms with Gasteiger partial charge < -0.3 is 0 Å². The molecule has 1 saturated heterocycles. The number of amides is 1. The van der Waals surface area contributed by atoms with Crippen LogP contribution in [0.15, 0.2) is 42.5 Å². The molecule has 0 aliphatic carbocycles. The van der Waals surface area contributed by atoms with Gasteiger partial charge in [0, 0.05) is 21.2 Å². The first kappa shape index (κ1) is 27.5. The molecule has 2 heterocycles. The molecule has 1 amide bonds. The lowest BCUT2D eigenvalue weighted by Gasteiger charge is -2.36. The topological polar surface area (TPSA) is 50.2 Å². The van der Waals surface area contributed by atoms with E-state index < -0.39 is 37.3 Å². The first-order valence-electron chi connectivity index (χ1n) is 9.98. The molecule has 0 radical (unpaired) electrons. The second-order valence-corrected chi connectivity index (χ2v) is 9.30. The van der Waals surface area contributed by atoms with Crippen LogP contribution in [0.2, 0.25) is 15.1 Å². The van der Waals surface area contributed by atoms with Gasteiger partial charge in [-0.15, -0.1) is 12.4 Å². The fraction of sp³-hybridized carbons (Fsp3) is 0.273. The molecule has 35 heavy (non-hydrogen) atoms. The summed E-state index contributed by atoms with van der Waals surface area (Å²) >= 11 is 18.4. The van der Waals surface area contributed by atoms with Gasteiger partial charge in [-0.3, -0.25) is 10.2 Å². The second-order valence-electron chi connectivity index (χ2n) is 8.02. The van der Waals surface area contributed by atoms with E-state index in [1.54, 1.807) is 43.3 Å². The number of aromatic nitrogens is 2. The van der Waals surface area contributed by atoms with Crippen LogP contribution in [0, 0.1) is 6.92 Å². The van der Waals surface area contributed by atoms with Crippen LogP contribution < -0.4 is 5.43 Å². The van der Waals surface area contributed by atoms with Crippen LogP contribution in [0.5, 0.6) is 0 Å². The standard InChI is InChI=1S/C22H17Cl3F4N4O.ClH/c1-12-18(20(34)31-32-10-21(26,27)9-22(28,29)11-32)30-33(17-7-6-15(24)8-16(17)25)19(12)13-2-4-14(23)5-3-13;/h2-8H,9-11H2,1H3,(H,31,34);1H. The zero-order valence-corrected chi connectivity index (χ0v) is 21.1. The number of hydrazine groups is 1. The number of nitrogens with one attached hydrogen (secondary N) is 1. The van der Waals surface area contributed by atoms with Crippen molar-refractivity contribution in [3.8, 4) is 16.9 Å². The molecule has 0 bridgehead atoms. The van der Waals surface area contributed by atoms with E-state index in [-0.39, 0.29) is 23.1 Å². The molecule has 2 aromatic carbocycles. The highest BCUT2D eigenvalue weighted by molar-refractivity contribution is 6.35. The van der Waals surface area contributed by atoms with Crippen LogP contribution in [0.1, 0.15) is 22.5 Å². The number of alkyl halides is 4. The van der Waals surface area contributed by atoms with Crippen molar-refractivity contribution in [1.29, 1.82) is 0 Å². The molecule has 1 aliphatic heterocycles. The zero-order valence-electron chi connectivity index (χ0n) is 18.0. The third kappa shape index (κ3) is 6.03. The zero-order chi connectivity index (χ0) is 24.8. The van der Waals surface area contributed by atoms with Crippen LogP contribution in [0.4, 0.5) is 17.6 Å². The highest BCUT2D eigenvalue weighted by Crippen LogP contribution is 2.36. The molecular weight excluding hydrogens is 554 g/mol. The molecule has 1 N–H and O–H groups in total. The Kier molecular flexibility index (Phi) is 7.98. The first-order valence-corrected chi connectivity index (χ1v) is 11.1. The van der Waals surface area contributed by atoms with E-state index in [9.17, 15) is 22.4 Å². The number of hydrogen-bond donors (Lipinski definition) is 1. The van der Waals surface area contributed by atoms with Crippen molar-refractivity contribution in [2.75, 3.05) is 13.1 Å². The van der Waals surface area contributed by atoms with Crippen LogP contribution in [0.25, 0.3) is 16.9 Å². The van der Waals surface area contributed by atoms with Gasteiger partial charge in [-0.25, -0.2) is 27.3 Å². The summed E-state index contributed by atoms with van der Waals surface area (Å²) in [6.07, 6.45) is -1.57. The molecule has 1 fully saturated rings. The molecule has 188 valence electrons. The molecular formula is C22H18Cl4F4N4O. The number of rotatable bonds is 4. The van der Waals surface area contributed by atoms with Crippen molar-refractivity contribution in [2.24, 2.45) is 0 Å². The van der Waals surface area contributed by atoms with Crippen molar-refractivity contribution >= 4 is 53.1 Å². The van der Waals surface area contributed by atoms with Crippen LogP contribution in [0.3, 0.4) is 0 Å². The Morgan fingerprint density at radius 1 is 0.971 bits per heavy atom. The third-order valence-corrected chi connectivity index (χ3v) is 6.00. The van der Waals surface area contributed by atoms with E-state index in [2.05, 4.69) is 10.5 Å². The Balaban J connectivity index is 0.00000342. The van der Waals surface area contributed by atoms with Gasteiger partial charge in [0.1, 0.15) is 0 Å². The molecule has 0 saturated carbocycles. The number of halogens is 8. The minimum Gasteiger partial charge on any atom is -0.283 e. The Labute approximate surface area is 219 Å². The molecule has 13 heteroatoms. The van der Waals surface area contributed by atoms with Crippen molar-refractivity contribution in [3.63, 3.8) is 0 Å². The fourth-order valence-corrected chi connectivity index (χ4v) is 4.48. The van der Waals surface area contributed by atoms with E-state index in [0.717, 1.165) is 0 Å². The van der Waals surface area contributed by atoms with Crippen molar-refractivity contribution < 1.29 is 22.4 Å². The Morgan fingerprint density at radius 3 is 2.11 bits per heavy atom. The average molecular weight is 572 g/mol. The maximum atomic E-state index is 13.8. The van der Waals surface area contributed by atoms with Gasteiger partial charge in [-0.1, -0.05) is 46.9 Å². The second kappa shape index (κ2) is 10.1. The molecule has 0 atom stereocenters. The van der Waals surface area contributed by atoms with E-state index in [4.69, 9.17) is 34.8 Å². The molecule has 4 rings (SSSR count). The number of hydrogen-bond acceptors (Lipinski definition) is 3. The Hall–Kier alpha value is -2.04. The van der Waals surface area contributed by atoms with Gasteiger partial charge >= 0.3 is 0 Å². The van der Waals surface area contributed by atoms with E-state index >= 15 is 0 Å². The van der Waals surface area contributed by atoms with Gasteiger partial charge in [0.05, 0.1) is 35.9 Å². The first-order chi connectivity index (χ1) is 15.8. The van der Waals surface area contributed by atoms with Gasteiger partial charge in [-0.05, 0) is 37.3 Å². The lowest BCUT2D eigenvalue weighted by atomic mass is 10.1. The molecule has 5 nitrogen and oxygen atoms in total. The lowest BCUT2D eigenvalue weighted by Crippen LogP contribution is -2.58. The number of nitrogens with zero attached hydrogens (tertiary/aromatic N) is 3. The van der Waals surface area contributed by atoms with Crippen molar-refractivity contribution in [2.45, 2.75) is 25.2 Å². The average Bonchev–Trinajstić information content (AvgIpc) is 3.03. The van der Waals surface area contributed by atoms with Gasteiger partial charge in [-0.2, -0.15) is 5.10 Å². The molecule has 3 aromatic rings. The van der Waals surface area contributed by atoms with Crippen molar-refractivity contribution in [1.82, 2.24) is 20.2 Å². The van der Waals surface area contributed by atoms with Crippen molar-refractivity contribution in [3.05, 3.63) is 68.8 Å². The number of piperidine rings is 1. The molecule has 0 spiro atoms. The highest BCUT2D eigenvalue weighted by Gasteiger charge is 2.50. The molecule has 1 aliphatic rings. The number of benzene rings is 2. The normalized spacial score (nSPS) is 17.0. The molecule has 1 aromatic heterocycles. The minimum atomic E-state index is -3.66. The van der Waals surface area contributed by atoms with Gasteiger partial charge in [0.25, 0.3) is 17.8 Å². The van der Waals surface area contributed by atoms with E-state index in [1.165, 1.54) is 10.7 Å². The number of carbonyl (C=O) groups excluding carboxylic acids is 1. The summed E-state index contributed by atoms with van der Waals surface area (Å²) < 4.78 is 56.5. The van der Waals surface area contributed by atoms with Gasteiger partial charge in [0.2, 0.25) is 0 Å². The Morgan fingerprint density at radius 2 is 1.54 bits per heavy atom. The predicted molar refractivity (Wildman–Crippen MR) is 130 cm³/mol. The maximum Gasteiger partial charge on any atom is 0.286 e. The third-order valence-electron chi connectivity index (χ3n) is 5.21. The van der Waals surface area contributed by atoms with Crippen LogP contribution >= 0.6 is 47.2 Å².